The summed E-state index contributed by atoms with van der Waals surface area (Å²) in [5, 5.41) is 10.3. The van der Waals surface area contributed by atoms with E-state index in [9.17, 15) is 0 Å². The van der Waals surface area contributed by atoms with E-state index in [0.717, 1.165) is 42.4 Å². The van der Waals surface area contributed by atoms with Gasteiger partial charge in [0.2, 0.25) is 0 Å². The van der Waals surface area contributed by atoms with Crippen molar-refractivity contribution in [1.82, 2.24) is 4.90 Å². The van der Waals surface area contributed by atoms with Gasteiger partial charge in [0.1, 0.15) is 12.4 Å². The van der Waals surface area contributed by atoms with E-state index < -0.39 is 0 Å². The Morgan fingerprint density at radius 1 is 1.12 bits per heavy atom. The standard InChI is InChI=1S/C20H25N3OS/c21-17(20-4-3-13-25-20)14-16-5-6-18-19(15-16)24-12-11-23(18)10-9-22-7-1-2-8-22/h3-6,13,15,21H,1-2,7-12,14H2. The Hall–Kier alpha value is -1.85. The largest absolute Gasteiger partial charge is 0.490 e. The van der Waals surface area contributed by atoms with E-state index in [-0.39, 0.29) is 0 Å². The molecule has 1 aromatic carbocycles. The molecule has 0 radical (unpaired) electrons. The lowest BCUT2D eigenvalue weighted by Crippen LogP contribution is -2.38. The van der Waals surface area contributed by atoms with Gasteiger partial charge >= 0.3 is 0 Å². The molecule has 2 aliphatic heterocycles. The van der Waals surface area contributed by atoms with Crippen molar-refractivity contribution in [2.45, 2.75) is 19.3 Å². The van der Waals surface area contributed by atoms with E-state index in [1.165, 1.54) is 31.6 Å². The van der Waals surface area contributed by atoms with E-state index in [1.807, 2.05) is 17.5 Å². The molecular formula is C20H25N3OS. The summed E-state index contributed by atoms with van der Waals surface area (Å²) in [6.45, 7) is 6.43. The molecule has 2 aliphatic rings. The van der Waals surface area contributed by atoms with Crippen LogP contribution < -0.4 is 9.64 Å². The Labute approximate surface area is 153 Å². The predicted molar refractivity (Wildman–Crippen MR) is 105 cm³/mol. The highest BCUT2D eigenvalue weighted by molar-refractivity contribution is 7.12. The van der Waals surface area contributed by atoms with Crippen molar-refractivity contribution in [3.05, 3.63) is 46.2 Å². The number of thiophene rings is 1. The van der Waals surface area contributed by atoms with Gasteiger partial charge in [-0.05, 0) is 55.1 Å². The van der Waals surface area contributed by atoms with Crippen LogP contribution in [0.5, 0.6) is 5.75 Å². The molecular weight excluding hydrogens is 330 g/mol. The van der Waals surface area contributed by atoms with E-state index in [4.69, 9.17) is 10.1 Å². The molecule has 3 heterocycles. The van der Waals surface area contributed by atoms with Crippen molar-refractivity contribution < 1.29 is 4.74 Å². The number of hydrogen-bond acceptors (Lipinski definition) is 5. The molecule has 1 N–H and O–H groups in total. The number of nitrogens with one attached hydrogen (secondary N) is 1. The lowest BCUT2D eigenvalue weighted by atomic mass is 10.1. The average molecular weight is 356 g/mol. The second kappa shape index (κ2) is 7.58. The molecule has 4 nitrogen and oxygen atoms in total. The molecule has 0 amide bonds. The molecule has 1 aromatic heterocycles. The fourth-order valence-corrected chi connectivity index (χ4v) is 4.35. The van der Waals surface area contributed by atoms with Gasteiger partial charge in [-0.1, -0.05) is 12.1 Å². The summed E-state index contributed by atoms with van der Waals surface area (Å²) in [6, 6.07) is 10.5. The van der Waals surface area contributed by atoms with Gasteiger partial charge in [0.25, 0.3) is 0 Å². The summed E-state index contributed by atoms with van der Waals surface area (Å²) < 4.78 is 5.92. The van der Waals surface area contributed by atoms with Gasteiger partial charge < -0.3 is 19.9 Å². The summed E-state index contributed by atoms with van der Waals surface area (Å²) in [5.41, 5.74) is 3.03. The van der Waals surface area contributed by atoms with Gasteiger partial charge in [0.05, 0.1) is 17.9 Å². The maximum atomic E-state index is 8.28. The van der Waals surface area contributed by atoms with Crippen molar-refractivity contribution in [3.8, 4) is 5.75 Å². The normalized spacial score (nSPS) is 17.4. The highest BCUT2D eigenvalue weighted by Gasteiger charge is 2.20. The minimum Gasteiger partial charge on any atom is -0.490 e. The van der Waals surface area contributed by atoms with Crippen molar-refractivity contribution >= 4 is 22.7 Å². The van der Waals surface area contributed by atoms with Crippen molar-refractivity contribution in [2.75, 3.05) is 44.2 Å². The van der Waals surface area contributed by atoms with Crippen molar-refractivity contribution in [1.29, 1.82) is 5.41 Å². The summed E-state index contributed by atoms with van der Waals surface area (Å²) in [6.07, 6.45) is 3.35. The third-order valence-corrected chi connectivity index (χ3v) is 6.00. The first-order chi connectivity index (χ1) is 12.3. The maximum absolute atomic E-state index is 8.28. The molecule has 0 spiro atoms. The number of ether oxygens (including phenoxy) is 1. The van der Waals surface area contributed by atoms with Crippen LogP contribution in [-0.2, 0) is 6.42 Å². The monoisotopic (exact) mass is 355 g/mol. The zero-order chi connectivity index (χ0) is 17.1. The van der Waals surface area contributed by atoms with Crippen LogP contribution in [0.4, 0.5) is 5.69 Å². The molecule has 5 heteroatoms. The van der Waals surface area contributed by atoms with Gasteiger partial charge in [0.15, 0.2) is 0 Å². The van der Waals surface area contributed by atoms with Crippen LogP contribution in [0, 0.1) is 5.41 Å². The van der Waals surface area contributed by atoms with Crippen LogP contribution in [0.25, 0.3) is 0 Å². The number of likely N-dealkylation sites (tertiary alicyclic amines) is 1. The molecule has 0 atom stereocenters. The second-order valence-electron chi connectivity index (χ2n) is 6.82. The van der Waals surface area contributed by atoms with Crippen LogP contribution in [0.2, 0.25) is 0 Å². The van der Waals surface area contributed by atoms with E-state index in [1.54, 1.807) is 11.3 Å². The number of benzene rings is 1. The van der Waals surface area contributed by atoms with Gasteiger partial charge in [-0.15, -0.1) is 11.3 Å². The van der Waals surface area contributed by atoms with Crippen LogP contribution in [0.1, 0.15) is 23.3 Å². The number of rotatable bonds is 6. The molecule has 0 bridgehead atoms. The van der Waals surface area contributed by atoms with Crippen molar-refractivity contribution in [2.24, 2.45) is 0 Å². The smallest absolute Gasteiger partial charge is 0.142 e. The van der Waals surface area contributed by atoms with E-state index in [2.05, 4.69) is 28.0 Å². The minimum absolute atomic E-state index is 0.658. The van der Waals surface area contributed by atoms with Crippen LogP contribution in [0.3, 0.4) is 0 Å². The molecule has 1 fully saturated rings. The summed E-state index contributed by atoms with van der Waals surface area (Å²) in [7, 11) is 0. The van der Waals surface area contributed by atoms with E-state index in [0.29, 0.717) is 12.1 Å². The fourth-order valence-electron chi connectivity index (χ4n) is 3.67. The Morgan fingerprint density at radius 3 is 2.80 bits per heavy atom. The second-order valence-corrected chi connectivity index (χ2v) is 7.77. The van der Waals surface area contributed by atoms with Gasteiger partial charge in [-0.2, -0.15) is 0 Å². The molecule has 0 unspecified atom stereocenters. The maximum Gasteiger partial charge on any atom is 0.142 e. The summed E-state index contributed by atoms with van der Waals surface area (Å²) in [4.78, 5) is 6.06. The third-order valence-electron chi connectivity index (χ3n) is 5.07. The molecule has 2 aromatic rings. The Kier molecular flexibility index (Phi) is 5.04. The number of hydrogen-bond donors (Lipinski definition) is 1. The van der Waals surface area contributed by atoms with Gasteiger partial charge in [0, 0.05) is 24.4 Å². The lowest BCUT2D eigenvalue weighted by molar-refractivity contribution is 0.296. The van der Waals surface area contributed by atoms with Crippen LogP contribution in [-0.4, -0.2) is 49.9 Å². The topological polar surface area (TPSA) is 39.6 Å². The molecule has 0 saturated carbocycles. The molecule has 4 rings (SSSR count). The summed E-state index contributed by atoms with van der Waals surface area (Å²) in [5.74, 6) is 0.976. The Balaban J connectivity index is 1.43. The zero-order valence-corrected chi connectivity index (χ0v) is 15.4. The van der Waals surface area contributed by atoms with Crippen LogP contribution >= 0.6 is 11.3 Å². The van der Waals surface area contributed by atoms with Crippen molar-refractivity contribution in [3.63, 3.8) is 0 Å². The average Bonchev–Trinajstić information content (AvgIpc) is 3.33. The summed E-state index contributed by atoms with van der Waals surface area (Å²) >= 11 is 1.63. The first-order valence-corrected chi connectivity index (χ1v) is 10.0. The quantitative estimate of drug-likeness (QED) is 0.804. The lowest BCUT2D eigenvalue weighted by Gasteiger charge is -2.32. The predicted octanol–water partition coefficient (Wildman–Crippen LogP) is 3.65. The molecule has 0 aliphatic carbocycles. The number of anilines is 1. The number of fused-ring (bicyclic) bond motifs is 1. The first-order valence-electron chi connectivity index (χ1n) is 9.14. The fraction of sp³-hybridized carbons (Fsp3) is 0.450. The van der Waals surface area contributed by atoms with E-state index >= 15 is 0 Å². The highest BCUT2D eigenvalue weighted by Crippen LogP contribution is 2.33. The number of nitrogens with zero attached hydrogens (tertiary/aromatic N) is 2. The minimum atomic E-state index is 0.658. The molecule has 25 heavy (non-hydrogen) atoms. The first kappa shape index (κ1) is 16.6. The van der Waals surface area contributed by atoms with Gasteiger partial charge in [-0.3, -0.25) is 0 Å². The molecule has 1 saturated heterocycles. The highest BCUT2D eigenvalue weighted by atomic mass is 32.1. The SMILES string of the molecule is N=C(Cc1ccc2c(c1)OCCN2CCN1CCCC1)c1cccs1. The van der Waals surface area contributed by atoms with Gasteiger partial charge in [-0.25, -0.2) is 0 Å². The third kappa shape index (κ3) is 3.88. The Bertz CT molecular complexity index is 723. The Morgan fingerprint density at radius 2 is 2.00 bits per heavy atom. The zero-order valence-electron chi connectivity index (χ0n) is 14.5. The van der Waals surface area contributed by atoms with Crippen LogP contribution in [0.15, 0.2) is 35.7 Å². The molecule has 132 valence electrons.